The van der Waals surface area contributed by atoms with E-state index in [4.69, 9.17) is 9.15 Å². The molecule has 6 nitrogen and oxygen atoms in total. The Hall–Kier alpha value is -3.45. The van der Waals surface area contributed by atoms with E-state index >= 15 is 0 Å². The van der Waals surface area contributed by atoms with Gasteiger partial charge in [0.2, 0.25) is 5.89 Å². The zero-order valence-electron chi connectivity index (χ0n) is 14.5. The monoisotopic (exact) mass is 435 g/mol. The number of nitrogens with zero attached hydrogens (tertiary/aromatic N) is 2. The molecule has 1 N–H and O–H groups in total. The minimum Gasteiger partial charge on any atom is -0.457 e. The smallest absolute Gasteiger partial charge is 0.322 e. The largest absolute Gasteiger partial charge is 0.457 e. The van der Waals surface area contributed by atoms with Gasteiger partial charge in [0.05, 0.1) is 0 Å². The number of carbonyl (C=O) groups excluding carboxylic acids is 1. The first-order valence-corrected chi connectivity index (χ1v) is 9.20. The molecule has 0 saturated carbocycles. The van der Waals surface area contributed by atoms with Crippen molar-refractivity contribution in [3.63, 3.8) is 0 Å². The van der Waals surface area contributed by atoms with E-state index in [0.29, 0.717) is 17.2 Å². The van der Waals surface area contributed by atoms with Crippen LogP contribution in [0.1, 0.15) is 10.4 Å². The maximum absolute atomic E-state index is 12.4. The maximum atomic E-state index is 12.4. The summed E-state index contributed by atoms with van der Waals surface area (Å²) >= 11 is 3.39. The molecule has 0 aliphatic carbocycles. The summed E-state index contributed by atoms with van der Waals surface area (Å²) < 4.78 is 12.1. The number of amides is 1. The van der Waals surface area contributed by atoms with Crippen LogP contribution in [0.5, 0.6) is 11.5 Å². The van der Waals surface area contributed by atoms with Crippen molar-refractivity contribution < 1.29 is 13.9 Å². The number of nitrogens with one attached hydrogen (secondary N) is 1. The van der Waals surface area contributed by atoms with Gasteiger partial charge >= 0.3 is 6.01 Å². The summed E-state index contributed by atoms with van der Waals surface area (Å²) in [6, 6.07) is 23.7. The molecule has 4 aromatic rings. The van der Waals surface area contributed by atoms with Gasteiger partial charge in [-0.15, -0.1) is 5.10 Å². The highest BCUT2D eigenvalue weighted by atomic mass is 79.9. The zero-order chi connectivity index (χ0) is 19.3. The number of rotatable bonds is 5. The van der Waals surface area contributed by atoms with Gasteiger partial charge in [0, 0.05) is 15.6 Å². The first kappa shape index (κ1) is 17.9. The van der Waals surface area contributed by atoms with Gasteiger partial charge in [-0.1, -0.05) is 45.3 Å². The Bertz CT molecular complexity index is 1100. The standard InChI is InChI=1S/C21H14BrN3O3/c22-16-6-4-5-15(13-16)20-24-25-21(28-20)23-19(26)14-9-11-18(12-10-14)27-17-7-2-1-3-8-17/h1-13H,(H,23,25,26). The van der Waals surface area contributed by atoms with Gasteiger partial charge < -0.3 is 9.15 Å². The lowest BCUT2D eigenvalue weighted by atomic mass is 10.2. The summed E-state index contributed by atoms with van der Waals surface area (Å²) in [6.45, 7) is 0. The first-order chi connectivity index (χ1) is 13.7. The molecule has 0 aliphatic heterocycles. The molecule has 138 valence electrons. The number of halogens is 1. The molecule has 0 aliphatic rings. The average molecular weight is 436 g/mol. The molecule has 0 fully saturated rings. The fourth-order valence-electron chi connectivity index (χ4n) is 2.48. The van der Waals surface area contributed by atoms with Gasteiger partial charge in [0.1, 0.15) is 11.5 Å². The van der Waals surface area contributed by atoms with Crippen molar-refractivity contribution >= 4 is 27.9 Å². The topological polar surface area (TPSA) is 77.3 Å². The lowest BCUT2D eigenvalue weighted by Gasteiger charge is -2.06. The molecule has 3 aromatic carbocycles. The number of carbonyl (C=O) groups is 1. The summed E-state index contributed by atoms with van der Waals surface area (Å²) in [5.74, 6) is 1.34. The van der Waals surface area contributed by atoms with Crippen LogP contribution in [0.15, 0.2) is 87.8 Å². The number of ether oxygens (including phenoxy) is 1. The van der Waals surface area contributed by atoms with E-state index in [9.17, 15) is 4.79 Å². The summed E-state index contributed by atoms with van der Waals surface area (Å²) in [5.41, 5.74) is 1.20. The Labute approximate surface area is 169 Å². The normalized spacial score (nSPS) is 10.5. The lowest BCUT2D eigenvalue weighted by Crippen LogP contribution is -2.11. The number of anilines is 1. The molecule has 4 rings (SSSR count). The molecule has 0 radical (unpaired) electrons. The number of aromatic nitrogens is 2. The van der Waals surface area contributed by atoms with Crippen molar-refractivity contribution in [3.05, 3.63) is 88.9 Å². The van der Waals surface area contributed by atoms with Crippen LogP contribution >= 0.6 is 15.9 Å². The van der Waals surface area contributed by atoms with Crippen LogP contribution in [-0.4, -0.2) is 16.1 Å². The Morgan fingerprint density at radius 3 is 2.39 bits per heavy atom. The zero-order valence-corrected chi connectivity index (χ0v) is 16.1. The van der Waals surface area contributed by atoms with E-state index < -0.39 is 0 Å². The quantitative estimate of drug-likeness (QED) is 0.444. The second kappa shape index (κ2) is 8.06. The highest BCUT2D eigenvalue weighted by molar-refractivity contribution is 9.10. The fourth-order valence-corrected chi connectivity index (χ4v) is 2.88. The molecule has 1 heterocycles. The van der Waals surface area contributed by atoms with Crippen molar-refractivity contribution in [1.82, 2.24) is 10.2 Å². The third-order valence-electron chi connectivity index (χ3n) is 3.81. The van der Waals surface area contributed by atoms with Crippen LogP contribution in [0.25, 0.3) is 11.5 Å². The van der Waals surface area contributed by atoms with Crippen LogP contribution in [0.4, 0.5) is 6.01 Å². The van der Waals surface area contributed by atoms with Gasteiger partial charge in [-0.05, 0) is 54.6 Å². The summed E-state index contributed by atoms with van der Waals surface area (Å²) in [4.78, 5) is 12.4. The third kappa shape index (κ3) is 4.27. The van der Waals surface area contributed by atoms with Gasteiger partial charge in [0.25, 0.3) is 5.91 Å². The molecule has 28 heavy (non-hydrogen) atoms. The second-order valence-corrected chi connectivity index (χ2v) is 6.73. The van der Waals surface area contributed by atoms with Crippen molar-refractivity contribution in [3.8, 4) is 23.0 Å². The van der Waals surface area contributed by atoms with Crippen LogP contribution in [0, 0.1) is 0 Å². The summed E-state index contributed by atoms with van der Waals surface area (Å²) in [7, 11) is 0. The fraction of sp³-hybridized carbons (Fsp3) is 0. The number of benzene rings is 3. The Balaban J connectivity index is 1.42. The van der Waals surface area contributed by atoms with E-state index in [1.165, 1.54) is 0 Å². The summed E-state index contributed by atoms with van der Waals surface area (Å²) in [5, 5.41) is 10.4. The van der Waals surface area contributed by atoms with Gasteiger partial charge in [-0.25, -0.2) is 0 Å². The number of hydrogen-bond donors (Lipinski definition) is 1. The molecule has 0 spiro atoms. The Kier molecular flexibility index (Phi) is 5.16. The van der Waals surface area contributed by atoms with Crippen LogP contribution in [-0.2, 0) is 0 Å². The minimum atomic E-state index is -0.351. The second-order valence-electron chi connectivity index (χ2n) is 5.82. The minimum absolute atomic E-state index is 0.0320. The molecule has 0 saturated heterocycles. The SMILES string of the molecule is O=C(Nc1nnc(-c2cccc(Br)c2)o1)c1ccc(Oc2ccccc2)cc1. The van der Waals surface area contributed by atoms with Crippen LogP contribution in [0.3, 0.4) is 0 Å². The molecule has 0 unspecified atom stereocenters. The Morgan fingerprint density at radius 1 is 0.893 bits per heavy atom. The van der Waals surface area contributed by atoms with Crippen LogP contribution < -0.4 is 10.1 Å². The first-order valence-electron chi connectivity index (χ1n) is 8.41. The maximum Gasteiger partial charge on any atom is 0.322 e. The highest BCUT2D eigenvalue weighted by Gasteiger charge is 2.13. The molecular formula is C21H14BrN3O3. The van der Waals surface area contributed by atoms with E-state index in [2.05, 4.69) is 31.4 Å². The van der Waals surface area contributed by atoms with Crippen molar-refractivity contribution in [1.29, 1.82) is 0 Å². The number of para-hydroxylation sites is 1. The van der Waals surface area contributed by atoms with Gasteiger partial charge in [-0.3, -0.25) is 10.1 Å². The van der Waals surface area contributed by atoms with E-state index in [0.717, 1.165) is 15.8 Å². The van der Waals surface area contributed by atoms with Crippen molar-refractivity contribution in [2.45, 2.75) is 0 Å². The highest BCUT2D eigenvalue weighted by Crippen LogP contribution is 2.24. The predicted octanol–water partition coefficient (Wildman–Crippen LogP) is 5.54. The molecule has 0 bridgehead atoms. The van der Waals surface area contributed by atoms with Gasteiger partial charge in [-0.2, -0.15) is 0 Å². The molecule has 1 aromatic heterocycles. The van der Waals surface area contributed by atoms with E-state index in [1.54, 1.807) is 24.3 Å². The van der Waals surface area contributed by atoms with Gasteiger partial charge in [0.15, 0.2) is 0 Å². The molecular weight excluding hydrogens is 422 g/mol. The third-order valence-corrected chi connectivity index (χ3v) is 4.31. The van der Waals surface area contributed by atoms with Crippen molar-refractivity contribution in [2.24, 2.45) is 0 Å². The molecule has 1 amide bonds. The van der Waals surface area contributed by atoms with Crippen molar-refractivity contribution in [2.75, 3.05) is 5.32 Å². The Morgan fingerprint density at radius 2 is 1.64 bits per heavy atom. The number of hydrogen-bond acceptors (Lipinski definition) is 5. The average Bonchev–Trinajstić information content (AvgIpc) is 3.18. The molecule has 0 atom stereocenters. The predicted molar refractivity (Wildman–Crippen MR) is 108 cm³/mol. The van der Waals surface area contributed by atoms with E-state index in [1.807, 2.05) is 54.6 Å². The van der Waals surface area contributed by atoms with E-state index in [-0.39, 0.29) is 11.9 Å². The molecule has 7 heteroatoms. The lowest BCUT2D eigenvalue weighted by molar-refractivity contribution is 0.102. The summed E-state index contributed by atoms with van der Waals surface area (Å²) in [6.07, 6.45) is 0. The van der Waals surface area contributed by atoms with Crippen LogP contribution in [0.2, 0.25) is 0 Å².